The number of aryl methyl sites for hydroxylation is 1. The molecule has 2 fully saturated rings. The van der Waals surface area contributed by atoms with E-state index in [9.17, 15) is 4.79 Å². The Balaban J connectivity index is 1.40. The number of hydrogen-bond acceptors (Lipinski definition) is 6. The Morgan fingerprint density at radius 3 is 3.12 bits per heavy atom. The van der Waals surface area contributed by atoms with Crippen molar-refractivity contribution in [3.63, 3.8) is 0 Å². The van der Waals surface area contributed by atoms with Crippen LogP contribution in [0.5, 0.6) is 5.75 Å². The van der Waals surface area contributed by atoms with Gasteiger partial charge in [0.2, 0.25) is 0 Å². The fourth-order valence-electron chi connectivity index (χ4n) is 3.46. The molecular formula is C17H19N3O4. The van der Waals surface area contributed by atoms with Crippen molar-refractivity contribution in [2.45, 2.75) is 31.5 Å². The van der Waals surface area contributed by atoms with Crippen LogP contribution in [0.1, 0.15) is 29.0 Å². The van der Waals surface area contributed by atoms with Crippen LogP contribution in [0.25, 0.3) is 0 Å². The highest BCUT2D eigenvalue weighted by atomic mass is 16.6. The average Bonchev–Trinajstić information content (AvgIpc) is 3.30. The molecule has 0 saturated carbocycles. The van der Waals surface area contributed by atoms with Crippen LogP contribution in [-0.4, -0.2) is 52.3 Å². The SMILES string of the molecule is Cc1oncc1C(=O)N1CCC2(CC(Oc3cccnc3)CO2)C1. The van der Waals surface area contributed by atoms with Gasteiger partial charge in [-0.3, -0.25) is 9.78 Å². The van der Waals surface area contributed by atoms with Gasteiger partial charge in [-0.25, -0.2) is 0 Å². The van der Waals surface area contributed by atoms with Crippen molar-refractivity contribution in [3.8, 4) is 5.75 Å². The number of amides is 1. The van der Waals surface area contributed by atoms with Crippen molar-refractivity contribution in [3.05, 3.63) is 42.0 Å². The van der Waals surface area contributed by atoms with Gasteiger partial charge in [-0.05, 0) is 25.5 Å². The second-order valence-electron chi connectivity index (χ2n) is 6.40. The van der Waals surface area contributed by atoms with Gasteiger partial charge >= 0.3 is 0 Å². The maximum atomic E-state index is 12.6. The molecule has 126 valence electrons. The Morgan fingerprint density at radius 2 is 2.38 bits per heavy atom. The van der Waals surface area contributed by atoms with Crippen molar-refractivity contribution in [2.75, 3.05) is 19.7 Å². The molecule has 0 aromatic carbocycles. The molecule has 1 spiro atoms. The molecule has 0 N–H and O–H groups in total. The molecule has 2 aliphatic heterocycles. The summed E-state index contributed by atoms with van der Waals surface area (Å²) in [5.74, 6) is 1.24. The average molecular weight is 329 g/mol. The number of carbonyl (C=O) groups excluding carboxylic acids is 1. The fraction of sp³-hybridized carbons (Fsp3) is 0.471. The summed E-state index contributed by atoms with van der Waals surface area (Å²) in [7, 11) is 0. The molecule has 2 aromatic heterocycles. The van der Waals surface area contributed by atoms with Gasteiger partial charge in [0.1, 0.15) is 23.2 Å². The third kappa shape index (κ3) is 2.75. The lowest BCUT2D eigenvalue weighted by atomic mass is 9.98. The molecule has 4 rings (SSSR count). The first-order valence-corrected chi connectivity index (χ1v) is 8.06. The van der Waals surface area contributed by atoms with Crippen LogP contribution in [0.4, 0.5) is 0 Å². The van der Waals surface area contributed by atoms with Gasteiger partial charge in [-0.15, -0.1) is 0 Å². The zero-order valence-electron chi connectivity index (χ0n) is 13.5. The van der Waals surface area contributed by atoms with Crippen LogP contribution in [0.15, 0.2) is 35.2 Å². The van der Waals surface area contributed by atoms with E-state index in [4.69, 9.17) is 14.0 Å². The Bertz CT molecular complexity index is 732. The largest absolute Gasteiger partial charge is 0.486 e. The lowest BCUT2D eigenvalue weighted by Gasteiger charge is -2.23. The lowest BCUT2D eigenvalue weighted by molar-refractivity contribution is 0.00993. The Hall–Kier alpha value is -2.41. The fourth-order valence-corrected chi connectivity index (χ4v) is 3.46. The number of rotatable bonds is 3. The maximum absolute atomic E-state index is 12.6. The van der Waals surface area contributed by atoms with Crippen LogP contribution in [0.3, 0.4) is 0 Å². The number of nitrogens with zero attached hydrogens (tertiary/aromatic N) is 3. The van der Waals surface area contributed by atoms with Gasteiger partial charge in [0.05, 0.1) is 31.1 Å². The van der Waals surface area contributed by atoms with Crippen LogP contribution in [-0.2, 0) is 4.74 Å². The first-order valence-electron chi connectivity index (χ1n) is 8.06. The van der Waals surface area contributed by atoms with Gasteiger partial charge in [-0.2, -0.15) is 0 Å². The van der Waals surface area contributed by atoms with Crippen molar-refractivity contribution in [1.29, 1.82) is 0 Å². The van der Waals surface area contributed by atoms with Crippen LogP contribution in [0, 0.1) is 6.92 Å². The van der Waals surface area contributed by atoms with Gasteiger partial charge in [0, 0.05) is 19.2 Å². The second kappa shape index (κ2) is 5.90. The van der Waals surface area contributed by atoms with E-state index in [0.717, 1.165) is 18.6 Å². The van der Waals surface area contributed by atoms with E-state index in [-0.39, 0.29) is 17.6 Å². The molecule has 2 atom stereocenters. The molecule has 0 radical (unpaired) electrons. The normalized spacial score (nSPS) is 26.2. The number of aromatic nitrogens is 2. The van der Waals surface area contributed by atoms with Crippen LogP contribution >= 0.6 is 0 Å². The summed E-state index contributed by atoms with van der Waals surface area (Å²) in [6.07, 6.45) is 6.47. The topological polar surface area (TPSA) is 77.7 Å². The van der Waals surface area contributed by atoms with Crippen LogP contribution in [0.2, 0.25) is 0 Å². The Kier molecular flexibility index (Phi) is 3.72. The highest BCUT2D eigenvalue weighted by Crippen LogP contribution is 2.37. The smallest absolute Gasteiger partial charge is 0.259 e. The lowest BCUT2D eigenvalue weighted by Crippen LogP contribution is -2.36. The van der Waals surface area contributed by atoms with E-state index in [1.165, 1.54) is 6.20 Å². The second-order valence-corrected chi connectivity index (χ2v) is 6.40. The van der Waals surface area contributed by atoms with E-state index in [0.29, 0.717) is 31.0 Å². The maximum Gasteiger partial charge on any atom is 0.259 e. The van der Waals surface area contributed by atoms with Crippen molar-refractivity contribution in [1.82, 2.24) is 15.0 Å². The molecule has 0 bridgehead atoms. The zero-order chi connectivity index (χ0) is 16.6. The number of likely N-dealkylation sites (tertiary alicyclic amines) is 1. The highest BCUT2D eigenvalue weighted by Gasteiger charge is 2.48. The highest BCUT2D eigenvalue weighted by molar-refractivity contribution is 5.95. The minimum Gasteiger partial charge on any atom is -0.486 e. The standard InChI is InChI=1S/C17H19N3O4/c1-12-15(9-19-24-12)16(21)20-6-4-17(11-20)7-14(10-22-17)23-13-3-2-5-18-8-13/h2-3,5,8-9,14H,4,6-7,10-11H2,1H3. The molecular weight excluding hydrogens is 310 g/mol. The third-order valence-electron chi connectivity index (χ3n) is 4.70. The summed E-state index contributed by atoms with van der Waals surface area (Å²) < 4.78 is 17.0. The monoisotopic (exact) mass is 329 g/mol. The first kappa shape index (κ1) is 15.1. The van der Waals surface area contributed by atoms with E-state index in [1.807, 2.05) is 17.0 Å². The first-order chi connectivity index (χ1) is 11.7. The van der Waals surface area contributed by atoms with E-state index >= 15 is 0 Å². The van der Waals surface area contributed by atoms with Crippen molar-refractivity contribution >= 4 is 5.91 Å². The van der Waals surface area contributed by atoms with E-state index < -0.39 is 0 Å². The van der Waals surface area contributed by atoms with E-state index in [1.54, 1.807) is 19.3 Å². The quantitative estimate of drug-likeness (QED) is 0.855. The third-order valence-corrected chi connectivity index (χ3v) is 4.70. The summed E-state index contributed by atoms with van der Waals surface area (Å²) in [4.78, 5) is 18.4. The van der Waals surface area contributed by atoms with Crippen molar-refractivity contribution in [2.24, 2.45) is 0 Å². The molecule has 2 saturated heterocycles. The van der Waals surface area contributed by atoms with Crippen molar-refractivity contribution < 1.29 is 18.8 Å². The number of carbonyl (C=O) groups is 1. The molecule has 7 nitrogen and oxygen atoms in total. The molecule has 2 aliphatic rings. The summed E-state index contributed by atoms with van der Waals surface area (Å²) in [5.41, 5.74) is 0.210. The summed E-state index contributed by atoms with van der Waals surface area (Å²) >= 11 is 0. The molecule has 0 aliphatic carbocycles. The summed E-state index contributed by atoms with van der Waals surface area (Å²) in [5, 5.41) is 3.68. The minimum absolute atomic E-state index is 0.0124. The predicted molar refractivity (Wildman–Crippen MR) is 83.7 cm³/mol. The molecule has 2 aromatic rings. The molecule has 24 heavy (non-hydrogen) atoms. The molecule has 4 heterocycles. The Morgan fingerprint density at radius 1 is 1.46 bits per heavy atom. The molecule has 1 amide bonds. The Labute approximate surface area is 139 Å². The van der Waals surface area contributed by atoms with Gasteiger partial charge < -0.3 is 18.9 Å². The number of pyridine rings is 1. The van der Waals surface area contributed by atoms with Crippen LogP contribution < -0.4 is 4.74 Å². The van der Waals surface area contributed by atoms with Gasteiger partial charge in [0.25, 0.3) is 5.91 Å². The van der Waals surface area contributed by atoms with E-state index in [2.05, 4.69) is 10.1 Å². The molecule has 2 unspecified atom stereocenters. The predicted octanol–water partition coefficient (Wildman–Crippen LogP) is 1.83. The summed E-state index contributed by atoms with van der Waals surface area (Å²) in [6.45, 7) is 3.52. The molecule has 7 heteroatoms. The number of hydrogen-bond donors (Lipinski definition) is 0. The van der Waals surface area contributed by atoms with Gasteiger partial charge in [0.15, 0.2) is 0 Å². The summed E-state index contributed by atoms with van der Waals surface area (Å²) in [6, 6.07) is 3.73. The minimum atomic E-state index is -0.312. The zero-order valence-corrected chi connectivity index (χ0v) is 13.5. The number of ether oxygens (including phenoxy) is 2. The van der Waals surface area contributed by atoms with Gasteiger partial charge in [-0.1, -0.05) is 5.16 Å².